The molecule has 1 N–H and O–H groups in total. The number of hydrogen-bond acceptors (Lipinski definition) is 3. The molecule has 1 aromatic carbocycles. The van der Waals surface area contributed by atoms with Gasteiger partial charge in [0.05, 0.1) is 11.7 Å². The molecule has 28 heavy (non-hydrogen) atoms. The van der Waals surface area contributed by atoms with Gasteiger partial charge in [0, 0.05) is 36.4 Å². The molecule has 2 aromatic rings. The third kappa shape index (κ3) is 3.77. The number of halogens is 3. The average molecular weight is 409 g/mol. The standard InChI is InChI=1S/C20H23ClF2N4O/c21-16-8-13(6-7-17(16)23)20(28)27-10-14(9-22)15(11-27)19-24-18(25-26-19)12-4-2-1-3-5-12/h6-8,12,14-15H,1-5,9-11H2,(H,24,25,26)/t14-,15-/m1/s1. The highest BCUT2D eigenvalue weighted by Crippen LogP contribution is 2.35. The number of nitrogens with zero attached hydrogens (tertiary/aromatic N) is 3. The van der Waals surface area contributed by atoms with Crippen molar-refractivity contribution in [1.29, 1.82) is 0 Å². The number of nitrogens with one attached hydrogen (secondary N) is 1. The molecule has 0 unspecified atom stereocenters. The second kappa shape index (κ2) is 8.15. The molecule has 2 atom stereocenters. The molecule has 1 saturated heterocycles. The van der Waals surface area contributed by atoms with Gasteiger partial charge in [0.1, 0.15) is 11.6 Å². The van der Waals surface area contributed by atoms with Gasteiger partial charge in [0.25, 0.3) is 5.91 Å². The lowest BCUT2D eigenvalue weighted by atomic mass is 9.89. The van der Waals surface area contributed by atoms with E-state index in [1.54, 1.807) is 4.90 Å². The molecule has 8 heteroatoms. The minimum Gasteiger partial charge on any atom is -0.338 e. The van der Waals surface area contributed by atoms with Crippen LogP contribution in [0.25, 0.3) is 0 Å². The average Bonchev–Trinajstić information content (AvgIpc) is 3.37. The Morgan fingerprint density at radius 3 is 2.75 bits per heavy atom. The molecule has 1 saturated carbocycles. The van der Waals surface area contributed by atoms with Crippen LogP contribution in [-0.4, -0.2) is 45.8 Å². The predicted octanol–water partition coefficient (Wildman–Crippen LogP) is 4.47. The first-order valence-electron chi connectivity index (χ1n) is 9.79. The van der Waals surface area contributed by atoms with E-state index < -0.39 is 12.5 Å². The molecule has 2 heterocycles. The summed E-state index contributed by atoms with van der Waals surface area (Å²) in [4.78, 5) is 19.0. The van der Waals surface area contributed by atoms with Crippen molar-refractivity contribution in [3.05, 3.63) is 46.3 Å². The first-order chi connectivity index (χ1) is 13.6. The Labute approximate surface area is 167 Å². The van der Waals surface area contributed by atoms with Gasteiger partial charge in [0.2, 0.25) is 0 Å². The van der Waals surface area contributed by atoms with Gasteiger partial charge in [-0.3, -0.25) is 14.3 Å². The molecule has 1 aliphatic carbocycles. The van der Waals surface area contributed by atoms with E-state index in [0.29, 0.717) is 23.9 Å². The number of aromatic amines is 1. The zero-order valence-electron chi connectivity index (χ0n) is 15.5. The molecule has 1 aromatic heterocycles. The van der Waals surface area contributed by atoms with Crippen molar-refractivity contribution in [3.8, 4) is 0 Å². The number of aromatic nitrogens is 3. The van der Waals surface area contributed by atoms with Crippen LogP contribution >= 0.6 is 11.6 Å². The Bertz CT molecular complexity index is 852. The molecule has 150 valence electrons. The van der Waals surface area contributed by atoms with E-state index in [4.69, 9.17) is 11.6 Å². The van der Waals surface area contributed by atoms with Crippen LogP contribution in [0.4, 0.5) is 8.78 Å². The quantitative estimate of drug-likeness (QED) is 0.811. The molecule has 0 spiro atoms. The van der Waals surface area contributed by atoms with Gasteiger partial charge < -0.3 is 4.90 Å². The fourth-order valence-corrected chi connectivity index (χ4v) is 4.49. The summed E-state index contributed by atoms with van der Waals surface area (Å²) in [5.41, 5.74) is 0.296. The highest BCUT2D eigenvalue weighted by molar-refractivity contribution is 6.31. The molecule has 2 fully saturated rings. The minimum atomic E-state index is -0.573. The van der Waals surface area contributed by atoms with Crippen LogP contribution in [0.3, 0.4) is 0 Å². The van der Waals surface area contributed by atoms with Crippen LogP contribution in [0.1, 0.15) is 65.9 Å². The molecule has 1 aliphatic heterocycles. The normalized spacial score (nSPS) is 23.3. The van der Waals surface area contributed by atoms with Crippen molar-refractivity contribution in [1.82, 2.24) is 20.1 Å². The van der Waals surface area contributed by atoms with Crippen LogP contribution in [0.15, 0.2) is 18.2 Å². The van der Waals surface area contributed by atoms with E-state index in [1.165, 1.54) is 37.5 Å². The number of carbonyl (C=O) groups is 1. The van der Waals surface area contributed by atoms with E-state index in [1.807, 2.05) is 0 Å². The maximum atomic E-state index is 13.7. The van der Waals surface area contributed by atoms with Crippen LogP contribution in [0.2, 0.25) is 5.02 Å². The summed E-state index contributed by atoms with van der Waals surface area (Å²) in [6.45, 7) is 0.0915. The maximum Gasteiger partial charge on any atom is 0.253 e. The number of alkyl halides is 1. The highest BCUT2D eigenvalue weighted by Gasteiger charge is 2.39. The van der Waals surface area contributed by atoms with Gasteiger partial charge in [-0.15, -0.1) is 0 Å². The maximum absolute atomic E-state index is 13.7. The first kappa shape index (κ1) is 19.3. The number of hydrogen-bond donors (Lipinski definition) is 1. The Morgan fingerprint density at radius 2 is 2.04 bits per heavy atom. The smallest absolute Gasteiger partial charge is 0.253 e. The number of benzene rings is 1. The van der Waals surface area contributed by atoms with E-state index in [2.05, 4.69) is 15.2 Å². The number of carbonyl (C=O) groups excluding carboxylic acids is 1. The second-order valence-corrected chi connectivity index (χ2v) is 8.18. The Kier molecular flexibility index (Phi) is 5.62. The Balaban J connectivity index is 1.50. The molecule has 0 bridgehead atoms. The van der Waals surface area contributed by atoms with Gasteiger partial charge in [-0.25, -0.2) is 9.37 Å². The molecule has 1 amide bonds. The lowest BCUT2D eigenvalue weighted by Crippen LogP contribution is -2.29. The lowest BCUT2D eigenvalue weighted by Gasteiger charge is -2.18. The zero-order valence-corrected chi connectivity index (χ0v) is 16.3. The number of likely N-dealkylation sites (tertiary alicyclic amines) is 1. The number of rotatable bonds is 4. The molecular weight excluding hydrogens is 386 g/mol. The van der Waals surface area contributed by atoms with Crippen LogP contribution < -0.4 is 0 Å². The summed E-state index contributed by atoms with van der Waals surface area (Å²) in [7, 11) is 0. The van der Waals surface area contributed by atoms with Gasteiger partial charge in [0.15, 0.2) is 5.82 Å². The van der Waals surface area contributed by atoms with Crippen molar-refractivity contribution in [2.24, 2.45) is 5.92 Å². The van der Waals surface area contributed by atoms with Gasteiger partial charge in [-0.1, -0.05) is 30.9 Å². The van der Waals surface area contributed by atoms with E-state index in [0.717, 1.165) is 18.7 Å². The van der Waals surface area contributed by atoms with Crippen molar-refractivity contribution < 1.29 is 13.6 Å². The third-order valence-corrected chi connectivity index (χ3v) is 6.22. The van der Waals surface area contributed by atoms with E-state index >= 15 is 0 Å². The fourth-order valence-electron chi connectivity index (χ4n) is 4.31. The SMILES string of the molecule is O=C(c1ccc(F)c(Cl)c1)N1C[C@@H](CF)[C@H](c2nc(C3CCCCC3)n[nH]2)C1. The monoisotopic (exact) mass is 408 g/mol. The summed E-state index contributed by atoms with van der Waals surface area (Å²) in [6, 6.07) is 3.88. The zero-order chi connectivity index (χ0) is 19.7. The molecular formula is C20H23ClF2N4O. The topological polar surface area (TPSA) is 61.9 Å². The van der Waals surface area contributed by atoms with Crippen molar-refractivity contribution in [3.63, 3.8) is 0 Å². The lowest BCUT2D eigenvalue weighted by molar-refractivity contribution is 0.0784. The van der Waals surface area contributed by atoms with Crippen LogP contribution in [-0.2, 0) is 0 Å². The Hall–Kier alpha value is -2.02. The summed E-state index contributed by atoms with van der Waals surface area (Å²) in [5, 5.41) is 7.27. The van der Waals surface area contributed by atoms with Gasteiger partial charge >= 0.3 is 0 Å². The fraction of sp³-hybridized carbons (Fsp3) is 0.550. The molecule has 5 nitrogen and oxygen atoms in total. The Morgan fingerprint density at radius 1 is 1.25 bits per heavy atom. The molecule has 4 rings (SSSR count). The predicted molar refractivity (Wildman–Crippen MR) is 102 cm³/mol. The largest absolute Gasteiger partial charge is 0.338 e. The minimum absolute atomic E-state index is 0.101. The summed E-state index contributed by atoms with van der Waals surface area (Å²) >= 11 is 5.79. The number of amides is 1. The summed E-state index contributed by atoms with van der Waals surface area (Å²) in [6.07, 6.45) is 5.81. The molecule has 2 aliphatic rings. The number of H-pyrrole nitrogens is 1. The third-order valence-electron chi connectivity index (χ3n) is 5.93. The summed E-state index contributed by atoms with van der Waals surface area (Å²) < 4.78 is 27.1. The van der Waals surface area contributed by atoms with Gasteiger partial charge in [-0.2, -0.15) is 5.10 Å². The van der Waals surface area contributed by atoms with Crippen molar-refractivity contribution >= 4 is 17.5 Å². The second-order valence-electron chi connectivity index (χ2n) is 7.77. The van der Waals surface area contributed by atoms with Crippen molar-refractivity contribution in [2.75, 3.05) is 19.8 Å². The molecule has 0 radical (unpaired) electrons. The van der Waals surface area contributed by atoms with E-state index in [9.17, 15) is 13.6 Å². The van der Waals surface area contributed by atoms with Crippen molar-refractivity contribution in [2.45, 2.75) is 43.9 Å². The van der Waals surface area contributed by atoms with Crippen LogP contribution in [0.5, 0.6) is 0 Å². The summed E-state index contributed by atoms with van der Waals surface area (Å²) in [5.74, 6) is 0.397. The van der Waals surface area contributed by atoms with E-state index in [-0.39, 0.29) is 29.3 Å². The van der Waals surface area contributed by atoms with Gasteiger partial charge in [-0.05, 0) is 31.0 Å². The first-order valence-corrected chi connectivity index (χ1v) is 10.2. The highest BCUT2D eigenvalue weighted by atomic mass is 35.5. The van der Waals surface area contributed by atoms with Crippen LogP contribution in [0, 0.1) is 11.7 Å².